The van der Waals surface area contributed by atoms with E-state index in [1.54, 1.807) is 6.92 Å². The number of nitro benzene ring substituents is 1. The zero-order chi connectivity index (χ0) is 14.4. The van der Waals surface area contributed by atoms with Crippen molar-refractivity contribution in [3.63, 3.8) is 0 Å². The standard InChI is InChI=1S/C11H6N4O4S/c1-5-12-13-11(20-5)14-9(16)6-3-2-4-7(15(18)19)8(6)10(14)17/h2-4H,1H3. The first-order valence-electron chi connectivity index (χ1n) is 5.47. The highest BCUT2D eigenvalue weighted by Gasteiger charge is 2.43. The molecule has 20 heavy (non-hydrogen) atoms. The topological polar surface area (TPSA) is 106 Å². The number of hydrogen-bond acceptors (Lipinski definition) is 7. The Morgan fingerprint density at radius 1 is 1.25 bits per heavy atom. The predicted molar refractivity (Wildman–Crippen MR) is 68.9 cm³/mol. The molecule has 0 saturated heterocycles. The van der Waals surface area contributed by atoms with E-state index in [0.29, 0.717) is 5.01 Å². The largest absolute Gasteiger partial charge is 0.283 e. The van der Waals surface area contributed by atoms with Crippen molar-refractivity contribution in [3.05, 3.63) is 44.4 Å². The Balaban J connectivity index is 2.18. The molecule has 0 spiro atoms. The summed E-state index contributed by atoms with van der Waals surface area (Å²) in [5.41, 5.74) is -0.572. The van der Waals surface area contributed by atoms with Gasteiger partial charge in [0.1, 0.15) is 10.6 Å². The first kappa shape index (κ1) is 12.4. The third kappa shape index (κ3) is 1.60. The van der Waals surface area contributed by atoms with Crippen LogP contribution in [-0.2, 0) is 0 Å². The van der Waals surface area contributed by atoms with E-state index in [1.807, 2.05) is 0 Å². The number of carbonyl (C=O) groups excluding carboxylic acids is 2. The number of aryl methyl sites for hydroxylation is 1. The zero-order valence-electron chi connectivity index (χ0n) is 10.1. The average molecular weight is 290 g/mol. The van der Waals surface area contributed by atoms with Crippen LogP contribution in [0.15, 0.2) is 18.2 Å². The number of hydrogen-bond donors (Lipinski definition) is 0. The van der Waals surface area contributed by atoms with Gasteiger partial charge in [0, 0.05) is 6.07 Å². The number of nitrogens with zero attached hydrogens (tertiary/aromatic N) is 4. The maximum absolute atomic E-state index is 12.3. The SMILES string of the molecule is Cc1nnc(N2C(=O)c3cccc([N+](=O)[O-])c3C2=O)s1. The molecular weight excluding hydrogens is 284 g/mol. The van der Waals surface area contributed by atoms with Crippen molar-refractivity contribution in [2.45, 2.75) is 6.92 Å². The summed E-state index contributed by atoms with van der Waals surface area (Å²) < 4.78 is 0. The molecule has 1 aromatic heterocycles. The molecule has 0 radical (unpaired) electrons. The summed E-state index contributed by atoms with van der Waals surface area (Å²) in [6, 6.07) is 3.95. The summed E-state index contributed by atoms with van der Waals surface area (Å²) in [4.78, 5) is 35.6. The number of fused-ring (bicyclic) bond motifs is 1. The number of benzene rings is 1. The van der Waals surface area contributed by atoms with Crippen LogP contribution in [-0.4, -0.2) is 26.9 Å². The summed E-state index contributed by atoms with van der Waals surface area (Å²) >= 11 is 1.07. The normalized spacial score (nSPS) is 13.8. The monoisotopic (exact) mass is 290 g/mol. The summed E-state index contributed by atoms with van der Waals surface area (Å²) in [5, 5.41) is 19.1. The smallest absolute Gasteiger partial charge is 0.268 e. The van der Waals surface area contributed by atoms with Gasteiger partial charge >= 0.3 is 0 Å². The zero-order valence-corrected chi connectivity index (χ0v) is 10.9. The molecule has 0 aliphatic carbocycles. The van der Waals surface area contributed by atoms with Crippen LogP contribution in [0.3, 0.4) is 0 Å². The summed E-state index contributed by atoms with van der Waals surface area (Å²) in [6.07, 6.45) is 0. The molecule has 2 aromatic rings. The molecule has 0 fully saturated rings. The maximum Gasteiger partial charge on any atom is 0.283 e. The highest BCUT2D eigenvalue weighted by atomic mass is 32.1. The lowest BCUT2D eigenvalue weighted by molar-refractivity contribution is -0.385. The molecule has 1 aliphatic rings. The van der Waals surface area contributed by atoms with Crippen LogP contribution in [0.1, 0.15) is 25.7 Å². The van der Waals surface area contributed by atoms with Gasteiger partial charge in [-0.25, -0.2) is 4.90 Å². The van der Waals surface area contributed by atoms with Crippen LogP contribution < -0.4 is 4.90 Å². The summed E-state index contributed by atoms with van der Waals surface area (Å²) in [5.74, 6) is -1.36. The van der Waals surface area contributed by atoms with Gasteiger partial charge in [-0.15, -0.1) is 10.2 Å². The Kier molecular flexibility index (Phi) is 2.57. The predicted octanol–water partition coefficient (Wildman–Crippen LogP) is 1.56. The van der Waals surface area contributed by atoms with Gasteiger partial charge in [-0.3, -0.25) is 19.7 Å². The molecule has 9 heteroatoms. The van der Waals surface area contributed by atoms with Crippen LogP contribution in [0, 0.1) is 17.0 Å². The van der Waals surface area contributed by atoms with Crippen LogP contribution >= 0.6 is 11.3 Å². The van der Waals surface area contributed by atoms with Crippen molar-refractivity contribution in [1.29, 1.82) is 0 Å². The fourth-order valence-corrected chi connectivity index (χ4v) is 2.65. The van der Waals surface area contributed by atoms with E-state index in [1.165, 1.54) is 18.2 Å². The van der Waals surface area contributed by atoms with Gasteiger partial charge in [0.15, 0.2) is 0 Å². The lowest BCUT2D eigenvalue weighted by Crippen LogP contribution is -2.29. The molecule has 0 unspecified atom stereocenters. The quantitative estimate of drug-likeness (QED) is 0.472. The van der Waals surface area contributed by atoms with E-state index < -0.39 is 16.7 Å². The molecule has 100 valence electrons. The number of carbonyl (C=O) groups is 2. The molecule has 0 bridgehead atoms. The highest BCUT2D eigenvalue weighted by Crippen LogP contribution is 2.34. The van der Waals surface area contributed by atoms with Gasteiger partial charge in [0.2, 0.25) is 5.13 Å². The highest BCUT2D eigenvalue weighted by molar-refractivity contribution is 7.15. The van der Waals surface area contributed by atoms with Crippen molar-refractivity contribution in [2.24, 2.45) is 0 Å². The second-order valence-electron chi connectivity index (χ2n) is 4.01. The Bertz CT molecular complexity index is 770. The molecule has 1 aliphatic heterocycles. The van der Waals surface area contributed by atoms with E-state index in [2.05, 4.69) is 10.2 Å². The number of amides is 2. The van der Waals surface area contributed by atoms with Crippen molar-refractivity contribution in [2.75, 3.05) is 4.90 Å². The van der Waals surface area contributed by atoms with E-state index >= 15 is 0 Å². The summed E-state index contributed by atoms with van der Waals surface area (Å²) in [6.45, 7) is 1.68. The minimum atomic E-state index is -0.742. The Morgan fingerprint density at radius 2 is 2.00 bits per heavy atom. The minimum absolute atomic E-state index is 0.0112. The molecule has 8 nitrogen and oxygen atoms in total. The van der Waals surface area contributed by atoms with E-state index in [-0.39, 0.29) is 21.9 Å². The average Bonchev–Trinajstić information content (AvgIpc) is 2.93. The number of aromatic nitrogens is 2. The number of anilines is 1. The first-order valence-corrected chi connectivity index (χ1v) is 6.28. The number of imide groups is 1. The Labute approximate surface area is 115 Å². The molecule has 1 aromatic carbocycles. The van der Waals surface area contributed by atoms with Crippen molar-refractivity contribution >= 4 is 34.0 Å². The van der Waals surface area contributed by atoms with E-state index in [9.17, 15) is 19.7 Å². The van der Waals surface area contributed by atoms with E-state index in [0.717, 1.165) is 16.2 Å². The van der Waals surface area contributed by atoms with Crippen LogP contribution in [0.4, 0.5) is 10.8 Å². The van der Waals surface area contributed by atoms with Crippen LogP contribution in [0.5, 0.6) is 0 Å². The molecule has 3 rings (SSSR count). The van der Waals surface area contributed by atoms with Crippen molar-refractivity contribution < 1.29 is 14.5 Å². The third-order valence-electron chi connectivity index (χ3n) is 2.80. The maximum atomic E-state index is 12.3. The molecule has 0 atom stereocenters. The molecule has 2 heterocycles. The number of rotatable bonds is 2. The van der Waals surface area contributed by atoms with Gasteiger partial charge in [-0.2, -0.15) is 0 Å². The molecular formula is C11H6N4O4S. The Morgan fingerprint density at radius 3 is 2.60 bits per heavy atom. The first-order chi connectivity index (χ1) is 9.50. The second kappa shape index (κ2) is 4.17. The second-order valence-corrected chi connectivity index (χ2v) is 5.17. The molecule has 0 N–H and O–H groups in total. The van der Waals surface area contributed by atoms with Gasteiger partial charge in [0.25, 0.3) is 17.5 Å². The fourth-order valence-electron chi connectivity index (χ4n) is 1.97. The summed E-state index contributed by atoms with van der Waals surface area (Å²) in [7, 11) is 0. The van der Waals surface area contributed by atoms with Crippen LogP contribution in [0.2, 0.25) is 0 Å². The molecule has 0 saturated carbocycles. The van der Waals surface area contributed by atoms with Gasteiger partial charge in [-0.1, -0.05) is 17.4 Å². The third-order valence-corrected chi connectivity index (χ3v) is 3.62. The van der Waals surface area contributed by atoms with Crippen molar-refractivity contribution in [1.82, 2.24) is 10.2 Å². The Hall–Kier alpha value is -2.68. The van der Waals surface area contributed by atoms with Crippen LogP contribution in [0.25, 0.3) is 0 Å². The van der Waals surface area contributed by atoms with Gasteiger partial charge in [0.05, 0.1) is 10.5 Å². The lowest BCUT2D eigenvalue weighted by atomic mass is 10.1. The van der Waals surface area contributed by atoms with E-state index in [4.69, 9.17) is 0 Å². The van der Waals surface area contributed by atoms with Gasteiger partial charge in [-0.05, 0) is 13.0 Å². The lowest BCUT2D eigenvalue weighted by Gasteiger charge is -2.07. The van der Waals surface area contributed by atoms with Gasteiger partial charge < -0.3 is 0 Å². The minimum Gasteiger partial charge on any atom is -0.268 e. The molecule has 2 amide bonds. The number of nitro groups is 1. The fraction of sp³-hybridized carbons (Fsp3) is 0.0909. The van der Waals surface area contributed by atoms with Crippen molar-refractivity contribution in [3.8, 4) is 0 Å².